The molecule has 2 heterocycles. The van der Waals surface area contributed by atoms with Crippen LogP contribution in [0.3, 0.4) is 0 Å². The van der Waals surface area contributed by atoms with Gasteiger partial charge in [-0.2, -0.15) is 0 Å². The third kappa shape index (κ3) is 4.36. The van der Waals surface area contributed by atoms with E-state index in [1.165, 1.54) is 10.5 Å². The predicted molar refractivity (Wildman–Crippen MR) is 89.4 cm³/mol. The number of piperazine rings is 1. The summed E-state index contributed by atoms with van der Waals surface area (Å²) in [4.78, 5) is 15.8. The van der Waals surface area contributed by atoms with E-state index in [0.717, 1.165) is 45.7 Å². The van der Waals surface area contributed by atoms with Gasteiger partial charge in [-0.1, -0.05) is 18.2 Å². The summed E-state index contributed by atoms with van der Waals surface area (Å²) in [6, 6.07) is 8.31. The summed E-state index contributed by atoms with van der Waals surface area (Å²) < 4.78 is 0. The Labute approximate surface area is 136 Å². The maximum Gasteiger partial charge on any atom is 0.233 e. The SMILES string of the molecule is Cl.O=C(NCCN1CCNCC1)C1Cc2ccccc2S1. The maximum atomic E-state index is 12.2. The van der Waals surface area contributed by atoms with Crippen molar-refractivity contribution < 1.29 is 4.79 Å². The molecule has 0 aromatic heterocycles. The number of rotatable bonds is 4. The van der Waals surface area contributed by atoms with Crippen molar-refractivity contribution in [3.8, 4) is 0 Å². The van der Waals surface area contributed by atoms with Crippen LogP contribution >= 0.6 is 24.2 Å². The fourth-order valence-electron chi connectivity index (χ4n) is 2.71. The molecule has 4 nitrogen and oxygen atoms in total. The van der Waals surface area contributed by atoms with Gasteiger partial charge in [-0.3, -0.25) is 9.69 Å². The van der Waals surface area contributed by atoms with Crippen molar-refractivity contribution in [3.05, 3.63) is 29.8 Å². The molecule has 2 aliphatic rings. The van der Waals surface area contributed by atoms with Crippen LogP contribution in [0.5, 0.6) is 0 Å². The lowest BCUT2D eigenvalue weighted by Crippen LogP contribution is -2.46. The lowest BCUT2D eigenvalue weighted by molar-refractivity contribution is -0.120. The highest BCUT2D eigenvalue weighted by molar-refractivity contribution is 8.01. The summed E-state index contributed by atoms with van der Waals surface area (Å²) in [6.07, 6.45) is 0.861. The molecule has 2 aliphatic heterocycles. The molecule has 0 saturated carbocycles. The van der Waals surface area contributed by atoms with Gasteiger partial charge in [-0.15, -0.1) is 24.2 Å². The zero-order valence-electron chi connectivity index (χ0n) is 12.0. The van der Waals surface area contributed by atoms with E-state index in [1.807, 2.05) is 12.1 Å². The van der Waals surface area contributed by atoms with E-state index < -0.39 is 0 Å². The normalized spacial score (nSPS) is 21.4. The summed E-state index contributed by atoms with van der Waals surface area (Å²) in [5.41, 5.74) is 1.31. The Morgan fingerprint density at radius 1 is 1.33 bits per heavy atom. The van der Waals surface area contributed by atoms with Crippen LogP contribution in [0.1, 0.15) is 5.56 Å². The van der Waals surface area contributed by atoms with Crippen LogP contribution in [-0.4, -0.2) is 55.3 Å². The molecule has 1 amide bonds. The number of benzene rings is 1. The Morgan fingerprint density at radius 2 is 2.10 bits per heavy atom. The van der Waals surface area contributed by atoms with Crippen LogP contribution in [0, 0.1) is 0 Å². The number of nitrogens with one attached hydrogen (secondary N) is 2. The highest BCUT2D eigenvalue weighted by Gasteiger charge is 2.27. The molecule has 0 bridgehead atoms. The van der Waals surface area contributed by atoms with Crippen molar-refractivity contribution in [1.29, 1.82) is 0 Å². The zero-order valence-corrected chi connectivity index (χ0v) is 13.6. The van der Waals surface area contributed by atoms with Crippen molar-refractivity contribution in [1.82, 2.24) is 15.5 Å². The minimum absolute atomic E-state index is 0. The fraction of sp³-hybridized carbons (Fsp3) is 0.533. The number of thioether (sulfide) groups is 1. The molecule has 1 aromatic rings. The van der Waals surface area contributed by atoms with Crippen LogP contribution in [0.2, 0.25) is 0 Å². The molecular formula is C15H22ClN3OS. The number of halogens is 1. The summed E-state index contributed by atoms with van der Waals surface area (Å²) >= 11 is 1.69. The Balaban J connectivity index is 0.00000161. The molecule has 1 saturated heterocycles. The lowest BCUT2D eigenvalue weighted by atomic mass is 10.1. The van der Waals surface area contributed by atoms with Gasteiger partial charge >= 0.3 is 0 Å². The number of carbonyl (C=O) groups is 1. The Kier molecular flexibility index (Phi) is 6.36. The van der Waals surface area contributed by atoms with Crippen molar-refractivity contribution in [3.63, 3.8) is 0 Å². The van der Waals surface area contributed by atoms with Gasteiger partial charge in [0.05, 0.1) is 5.25 Å². The molecule has 0 aliphatic carbocycles. The Bertz CT molecular complexity index is 455. The van der Waals surface area contributed by atoms with E-state index in [9.17, 15) is 4.79 Å². The van der Waals surface area contributed by atoms with Crippen molar-refractivity contribution in [2.24, 2.45) is 0 Å². The predicted octanol–water partition coefficient (Wildman–Crippen LogP) is 1.15. The van der Waals surface area contributed by atoms with E-state index in [2.05, 4.69) is 27.7 Å². The third-order valence-corrected chi connectivity index (χ3v) is 5.19. The van der Waals surface area contributed by atoms with E-state index in [-0.39, 0.29) is 23.6 Å². The summed E-state index contributed by atoms with van der Waals surface area (Å²) in [6.45, 7) is 5.99. The van der Waals surface area contributed by atoms with Crippen LogP contribution in [0.25, 0.3) is 0 Å². The quantitative estimate of drug-likeness (QED) is 0.870. The molecule has 21 heavy (non-hydrogen) atoms. The first kappa shape index (κ1) is 16.6. The third-order valence-electron chi connectivity index (χ3n) is 3.88. The van der Waals surface area contributed by atoms with Crippen LogP contribution < -0.4 is 10.6 Å². The molecular weight excluding hydrogens is 306 g/mol. The first-order valence-corrected chi connectivity index (χ1v) is 8.16. The van der Waals surface area contributed by atoms with E-state index in [0.29, 0.717) is 0 Å². The van der Waals surface area contributed by atoms with Gasteiger partial charge in [-0.25, -0.2) is 0 Å². The zero-order chi connectivity index (χ0) is 13.8. The van der Waals surface area contributed by atoms with Gasteiger partial charge in [0.2, 0.25) is 5.91 Å². The average molecular weight is 328 g/mol. The van der Waals surface area contributed by atoms with Gasteiger partial charge in [0.1, 0.15) is 0 Å². The molecule has 1 atom stereocenters. The monoisotopic (exact) mass is 327 g/mol. The Hall–Kier alpha value is -0.750. The van der Waals surface area contributed by atoms with Crippen molar-refractivity contribution >= 4 is 30.1 Å². The smallest absolute Gasteiger partial charge is 0.233 e. The van der Waals surface area contributed by atoms with E-state index in [1.54, 1.807) is 11.8 Å². The number of carbonyl (C=O) groups excluding carboxylic acids is 1. The van der Waals surface area contributed by atoms with Crippen LogP contribution in [0.15, 0.2) is 29.2 Å². The highest BCUT2D eigenvalue weighted by Crippen LogP contribution is 2.36. The Morgan fingerprint density at radius 3 is 2.86 bits per heavy atom. The maximum absolute atomic E-state index is 12.2. The van der Waals surface area contributed by atoms with Gasteiger partial charge in [0.15, 0.2) is 0 Å². The number of hydrogen-bond acceptors (Lipinski definition) is 4. The molecule has 0 radical (unpaired) electrons. The minimum Gasteiger partial charge on any atom is -0.354 e. The standard InChI is InChI=1S/C15H21N3OS.ClH/c19-15(17-7-10-18-8-5-16-6-9-18)14-11-12-3-1-2-4-13(12)20-14;/h1-4,14,16H,5-11H2,(H,17,19);1H. The van der Waals surface area contributed by atoms with E-state index >= 15 is 0 Å². The van der Waals surface area contributed by atoms with Gasteiger partial charge in [0.25, 0.3) is 0 Å². The van der Waals surface area contributed by atoms with Gasteiger partial charge in [0, 0.05) is 44.2 Å². The molecule has 1 fully saturated rings. The largest absolute Gasteiger partial charge is 0.354 e. The number of nitrogens with zero attached hydrogens (tertiary/aromatic N) is 1. The molecule has 6 heteroatoms. The number of fused-ring (bicyclic) bond motifs is 1. The van der Waals surface area contributed by atoms with Crippen molar-refractivity contribution in [2.45, 2.75) is 16.6 Å². The molecule has 3 rings (SSSR count). The lowest BCUT2D eigenvalue weighted by Gasteiger charge is -2.27. The first-order chi connectivity index (χ1) is 9.83. The van der Waals surface area contributed by atoms with Gasteiger partial charge < -0.3 is 10.6 Å². The molecule has 1 unspecified atom stereocenters. The topological polar surface area (TPSA) is 44.4 Å². The fourth-order valence-corrected chi connectivity index (χ4v) is 3.93. The molecule has 2 N–H and O–H groups in total. The second kappa shape index (κ2) is 8.03. The summed E-state index contributed by atoms with van der Waals surface area (Å²) in [5, 5.41) is 6.47. The van der Waals surface area contributed by atoms with Gasteiger partial charge in [-0.05, 0) is 18.1 Å². The number of amides is 1. The molecule has 1 aromatic carbocycles. The number of hydrogen-bond donors (Lipinski definition) is 2. The second-order valence-electron chi connectivity index (χ2n) is 5.30. The van der Waals surface area contributed by atoms with Crippen molar-refractivity contribution in [2.75, 3.05) is 39.3 Å². The summed E-state index contributed by atoms with van der Waals surface area (Å²) in [7, 11) is 0. The highest BCUT2D eigenvalue weighted by atomic mass is 35.5. The molecule has 116 valence electrons. The van der Waals surface area contributed by atoms with Crippen LogP contribution in [-0.2, 0) is 11.2 Å². The molecule has 0 spiro atoms. The average Bonchev–Trinajstić information content (AvgIpc) is 2.92. The first-order valence-electron chi connectivity index (χ1n) is 7.28. The van der Waals surface area contributed by atoms with Crippen LogP contribution in [0.4, 0.5) is 0 Å². The van der Waals surface area contributed by atoms with E-state index in [4.69, 9.17) is 0 Å². The minimum atomic E-state index is 0. The second-order valence-corrected chi connectivity index (χ2v) is 6.55. The summed E-state index contributed by atoms with van der Waals surface area (Å²) in [5.74, 6) is 0.182.